The van der Waals surface area contributed by atoms with Crippen molar-refractivity contribution in [3.05, 3.63) is 112 Å². The van der Waals surface area contributed by atoms with E-state index in [2.05, 4.69) is 66.3 Å². The molecule has 0 spiro atoms. The summed E-state index contributed by atoms with van der Waals surface area (Å²) in [5, 5.41) is 4.59. The number of barbiturate groups is 1. The number of fused-ring (bicyclic) bond motifs is 1. The third-order valence-corrected chi connectivity index (χ3v) is 7.19. The third kappa shape index (κ3) is 5.64. The molecule has 0 saturated carbocycles. The molecule has 0 bridgehead atoms. The molecule has 39 heavy (non-hydrogen) atoms. The Balaban J connectivity index is 1.34. The summed E-state index contributed by atoms with van der Waals surface area (Å²) in [6.45, 7) is 6.63. The average Bonchev–Trinajstić information content (AvgIpc) is 2.90. The SMILES string of the molecule is CC(C)(C)c1ccc(N2C(=O)NC(=O)/C(=C\c3ccc(OCc4ccc5ccccc5c4)c(Br)c3)C2=O)cc1. The van der Waals surface area contributed by atoms with Crippen LogP contribution in [-0.4, -0.2) is 17.8 Å². The number of hydrogen-bond donors (Lipinski definition) is 1. The summed E-state index contributed by atoms with van der Waals surface area (Å²) >= 11 is 3.53. The highest BCUT2D eigenvalue weighted by Gasteiger charge is 2.37. The Labute approximate surface area is 235 Å². The largest absolute Gasteiger partial charge is 0.488 e. The van der Waals surface area contributed by atoms with Gasteiger partial charge in [-0.1, -0.05) is 75.4 Å². The maximum atomic E-state index is 13.3. The van der Waals surface area contributed by atoms with Crippen molar-refractivity contribution in [3.8, 4) is 5.75 Å². The van der Waals surface area contributed by atoms with E-state index in [1.807, 2.05) is 30.3 Å². The molecule has 0 unspecified atom stereocenters. The van der Waals surface area contributed by atoms with E-state index in [1.54, 1.807) is 30.3 Å². The van der Waals surface area contributed by atoms with Crippen LogP contribution >= 0.6 is 15.9 Å². The van der Waals surface area contributed by atoms with Crippen LogP contribution in [0.1, 0.15) is 37.5 Å². The first kappa shape index (κ1) is 26.4. The number of amides is 4. The minimum absolute atomic E-state index is 0.0769. The fraction of sp³-hybridized carbons (Fsp3) is 0.156. The summed E-state index contributed by atoms with van der Waals surface area (Å²) in [6, 6.07) is 26.1. The van der Waals surface area contributed by atoms with Gasteiger partial charge in [-0.15, -0.1) is 0 Å². The number of benzene rings is 4. The van der Waals surface area contributed by atoms with Crippen LogP contribution in [0.25, 0.3) is 16.8 Å². The van der Waals surface area contributed by atoms with E-state index >= 15 is 0 Å². The highest BCUT2D eigenvalue weighted by atomic mass is 79.9. The Hall–Kier alpha value is -4.23. The molecule has 196 valence electrons. The number of imide groups is 2. The Morgan fingerprint density at radius 3 is 2.28 bits per heavy atom. The van der Waals surface area contributed by atoms with Crippen LogP contribution in [0.2, 0.25) is 0 Å². The van der Waals surface area contributed by atoms with Crippen LogP contribution < -0.4 is 15.0 Å². The predicted octanol–water partition coefficient (Wildman–Crippen LogP) is 7.15. The number of urea groups is 1. The number of rotatable bonds is 5. The van der Waals surface area contributed by atoms with Gasteiger partial charge in [-0.2, -0.15) is 0 Å². The van der Waals surface area contributed by atoms with Gasteiger partial charge in [0.15, 0.2) is 0 Å². The first-order valence-electron chi connectivity index (χ1n) is 12.5. The summed E-state index contributed by atoms with van der Waals surface area (Å²) in [6.07, 6.45) is 1.47. The molecule has 7 heteroatoms. The van der Waals surface area contributed by atoms with Crippen molar-refractivity contribution in [1.82, 2.24) is 5.32 Å². The van der Waals surface area contributed by atoms with Crippen molar-refractivity contribution in [2.24, 2.45) is 0 Å². The van der Waals surface area contributed by atoms with Crippen LogP contribution in [0.3, 0.4) is 0 Å². The third-order valence-electron chi connectivity index (χ3n) is 6.57. The monoisotopic (exact) mass is 582 g/mol. The molecule has 0 aliphatic carbocycles. The highest BCUT2D eigenvalue weighted by Crippen LogP contribution is 2.30. The highest BCUT2D eigenvalue weighted by molar-refractivity contribution is 9.10. The van der Waals surface area contributed by atoms with Crippen molar-refractivity contribution < 1.29 is 19.1 Å². The first-order chi connectivity index (χ1) is 18.6. The minimum Gasteiger partial charge on any atom is -0.488 e. The van der Waals surface area contributed by atoms with Crippen LogP contribution in [0.4, 0.5) is 10.5 Å². The van der Waals surface area contributed by atoms with Crippen molar-refractivity contribution in [2.45, 2.75) is 32.8 Å². The molecule has 1 aliphatic rings. The van der Waals surface area contributed by atoms with E-state index in [4.69, 9.17) is 4.74 Å². The number of hydrogen-bond acceptors (Lipinski definition) is 4. The molecule has 1 fully saturated rings. The fourth-order valence-electron chi connectivity index (χ4n) is 4.38. The van der Waals surface area contributed by atoms with Gasteiger partial charge in [-0.3, -0.25) is 14.9 Å². The van der Waals surface area contributed by atoms with Crippen LogP contribution in [-0.2, 0) is 21.6 Å². The van der Waals surface area contributed by atoms with Gasteiger partial charge in [0.05, 0.1) is 10.2 Å². The molecule has 0 atom stereocenters. The van der Waals surface area contributed by atoms with Gasteiger partial charge in [0.1, 0.15) is 17.9 Å². The maximum Gasteiger partial charge on any atom is 0.335 e. The lowest BCUT2D eigenvalue weighted by Gasteiger charge is -2.27. The van der Waals surface area contributed by atoms with Crippen LogP contribution in [0, 0.1) is 0 Å². The number of nitrogens with one attached hydrogen (secondary N) is 1. The normalized spacial score (nSPS) is 15.1. The fourth-order valence-corrected chi connectivity index (χ4v) is 4.89. The molecule has 4 aromatic carbocycles. The lowest BCUT2D eigenvalue weighted by atomic mass is 9.87. The second-order valence-corrected chi connectivity index (χ2v) is 11.3. The molecule has 4 aromatic rings. The molecule has 1 aliphatic heterocycles. The molecule has 1 heterocycles. The molecule has 4 amide bonds. The Morgan fingerprint density at radius 1 is 0.872 bits per heavy atom. The second kappa shape index (κ2) is 10.5. The summed E-state index contributed by atoms with van der Waals surface area (Å²) < 4.78 is 6.69. The molecule has 6 nitrogen and oxygen atoms in total. The Kier molecular flexibility index (Phi) is 7.10. The van der Waals surface area contributed by atoms with Gasteiger partial charge >= 0.3 is 6.03 Å². The lowest BCUT2D eigenvalue weighted by Crippen LogP contribution is -2.54. The van der Waals surface area contributed by atoms with Crippen molar-refractivity contribution in [1.29, 1.82) is 0 Å². The van der Waals surface area contributed by atoms with E-state index in [-0.39, 0.29) is 11.0 Å². The van der Waals surface area contributed by atoms with E-state index in [0.717, 1.165) is 21.4 Å². The van der Waals surface area contributed by atoms with Gasteiger partial charge in [-0.25, -0.2) is 9.69 Å². The summed E-state index contributed by atoms with van der Waals surface area (Å²) in [5.74, 6) is -0.791. The molecular formula is C32H27BrN2O4. The standard InChI is InChI=1S/C32H27BrN2O4/c1-32(2,3)24-11-13-25(14-12-24)35-30(37)26(29(36)34-31(35)38)17-20-9-15-28(27(33)18-20)39-19-21-8-10-22-6-4-5-7-23(22)16-21/h4-18H,19H2,1-3H3,(H,34,36,38)/b26-17+. The summed E-state index contributed by atoms with van der Waals surface area (Å²) in [5.41, 5.74) is 2.89. The number of halogens is 1. The maximum absolute atomic E-state index is 13.3. The zero-order valence-electron chi connectivity index (χ0n) is 21.8. The molecule has 1 saturated heterocycles. The topological polar surface area (TPSA) is 75.7 Å². The zero-order chi connectivity index (χ0) is 27.7. The van der Waals surface area contributed by atoms with Crippen molar-refractivity contribution in [3.63, 3.8) is 0 Å². The van der Waals surface area contributed by atoms with E-state index in [9.17, 15) is 14.4 Å². The number of anilines is 1. The summed E-state index contributed by atoms with van der Waals surface area (Å²) in [4.78, 5) is 39.4. The molecule has 0 aromatic heterocycles. The van der Waals surface area contributed by atoms with E-state index < -0.39 is 17.8 Å². The van der Waals surface area contributed by atoms with Crippen molar-refractivity contribution in [2.75, 3.05) is 4.90 Å². The average molecular weight is 583 g/mol. The summed E-state index contributed by atoms with van der Waals surface area (Å²) in [7, 11) is 0. The number of carbonyl (C=O) groups excluding carboxylic acids is 3. The number of carbonyl (C=O) groups is 3. The predicted molar refractivity (Wildman–Crippen MR) is 157 cm³/mol. The van der Waals surface area contributed by atoms with Crippen molar-refractivity contribution >= 4 is 56.3 Å². The smallest absolute Gasteiger partial charge is 0.335 e. The van der Waals surface area contributed by atoms with Crippen LogP contribution in [0.5, 0.6) is 5.75 Å². The second-order valence-electron chi connectivity index (χ2n) is 10.4. The van der Waals surface area contributed by atoms with Gasteiger partial charge in [-0.05, 0) is 85.2 Å². The van der Waals surface area contributed by atoms with E-state index in [0.29, 0.717) is 28.1 Å². The quantitative estimate of drug-likeness (QED) is 0.200. The Bertz CT molecular complexity index is 1630. The van der Waals surface area contributed by atoms with Crippen LogP contribution in [0.15, 0.2) is 95.0 Å². The van der Waals surface area contributed by atoms with Gasteiger partial charge in [0, 0.05) is 0 Å². The molecule has 5 rings (SSSR count). The van der Waals surface area contributed by atoms with Gasteiger partial charge in [0.25, 0.3) is 11.8 Å². The van der Waals surface area contributed by atoms with Gasteiger partial charge in [0.2, 0.25) is 0 Å². The van der Waals surface area contributed by atoms with Gasteiger partial charge < -0.3 is 4.74 Å². The van der Waals surface area contributed by atoms with E-state index in [1.165, 1.54) is 11.5 Å². The number of nitrogens with zero attached hydrogens (tertiary/aromatic N) is 1. The molecule has 1 N–H and O–H groups in total. The Morgan fingerprint density at radius 2 is 1.59 bits per heavy atom. The number of ether oxygens (including phenoxy) is 1. The lowest BCUT2D eigenvalue weighted by molar-refractivity contribution is -0.122. The minimum atomic E-state index is -0.774. The first-order valence-corrected chi connectivity index (χ1v) is 13.3. The molecule has 0 radical (unpaired) electrons. The molecular weight excluding hydrogens is 556 g/mol. The zero-order valence-corrected chi connectivity index (χ0v) is 23.4.